The average molecular weight is 271 g/mol. The predicted molar refractivity (Wildman–Crippen MR) is 70.0 cm³/mol. The van der Waals surface area contributed by atoms with Crippen molar-refractivity contribution >= 4 is 0 Å². The van der Waals surface area contributed by atoms with E-state index in [4.69, 9.17) is 0 Å². The highest BCUT2D eigenvalue weighted by Gasteiger charge is 2.39. The first-order valence-corrected chi connectivity index (χ1v) is 6.59. The van der Waals surface area contributed by atoms with Crippen molar-refractivity contribution < 1.29 is 13.2 Å². The molecular formula is C15H20F3N. The van der Waals surface area contributed by atoms with Gasteiger partial charge in [0.25, 0.3) is 0 Å². The van der Waals surface area contributed by atoms with E-state index in [-0.39, 0.29) is 11.5 Å². The summed E-state index contributed by atoms with van der Waals surface area (Å²) < 4.78 is 37.9. The molecule has 1 aliphatic rings. The largest absolute Gasteiger partial charge is 0.416 e. The Balaban J connectivity index is 1.98. The number of rotatable bonds is 3. The molecule has 0 bridgehead atoms. The minimum Gasteiger partial charge on any atom is -0.312 e. The molecule has 1 aliphatic carbocycles. The topological polar surface area (TPSA) is 12.0 Å². The Bertz CT molecular complexity index is 445. The lowest BCUT2D eigenvalue weighted by Gasteiger charge is -2.20. The smallest absolute Gasteiger partial charge is 0.312 e. The first-order valence-electron chi connectivity index (χ1n) is 6.59. The SMILES string of the molecule is CC(C)(C)NCC1CC1c1cccc(C(F)(F)F)c1. The molecule has 0 heterocycles. The van der Waals surface area contributed by atoms with Crippen LogP contribution in [0, 0.1) is 5.92 Å². The number of nitrogens with one attached hydrogen (secondary N) is 1. The van der Waals surface area contributed by atoms with Crippen LogP contribution < -0.4 is 5.32 Å². The highest BCUT2D eigenvalue weighted by molar-refractivity contribution is 5.32. The minimum absolute atomic E-state index is 0.0565. The van der Waals surface area contributed by atoms with Gasteiger partial charge in [0, 0.05) is 5.54 Å². The monoisotopic (exact) mass is 271 g/mol. The van der Waals surface area contributed by atoms with E-state index in [1.165, 1.54) is 12.1 Å². The van der Waals surface area contributed by atoms with Crippen molar-refractivity contribution in [2.24, 2.45) is 5.92 Å². The lowest BCUT2D eigenvalue weighted by molar-refractivity contribution is -0.137. The Labute approximate surface area is 112 Å². The summed E-state index contributed by atoms with van der Waals surface area (Å²) in [5, 5.41) is 3.41. The highest BCUT2D eigenvalue weighted by atomic mass is 19.4. The molecule has 0 spiro atoms. The molecule has 106 valence electrons. The summed E-state index contributed by atoms with van der Waals surface area (Å²) in [6.45, 7) is 7.14. The molecule has 2 rings (SSSR count). The van der Waals surface area contributed by atoms with E-state index in [0.29, 0.717) is 5.92 Å². The van der Waals surface area contributed by atoms with Gasteiger partial charge in [-0.25, -0.2) is 0 Å². The second-order valence-electron chi connectivity index (χ2n) is 6.36. The van der Waals surface area contributed by atoms with Crippen molar-refractivity contribution in [1.29, 1.82) is 0 Å². The van der Waals surface area contributed by atoms with E-state index in [9.17, 15) is 13.2 Å². The summed E-state index contributed by atoms with van der Waals surface area (Å²) in [6.07, 6.45) is -3.27. The zero-order chi connectivity index (χ0) is 14.3. The van der Waals surface area contributed by atoms with Crippen molar-refractivity contribution in [3.05, 3.63) is 35.4 Å². The van der Waals surface area contributed by atoms with Crippen LogP contribution in [0.4, 0.5) is 13.2 Å². The van der Waals surface area contributed by atoms with Crippen LogP contribution in [0.5, 0.6) is 0 Å². The van der Waals surface area contributed by atoms with E-state index >= 15 is 0 Å². The molecule has 2 unspecified atom stereocenters. The van der Waals surface area contributed by atoms with E-state index in [0.717, 1.165) is 24.6 Å². The number of benzene rings is 1. The fourth-order valence-corrected chi connectivity index (χ4v) is 2.26. The summed E-state index contributed by atoms with van der Waals surface area (Å²) in [7, 11) is 0. The molecule has 1 fully saturated rings. The van der Waals surface area contributed by atoms with Gasteiger partial charge in [0.05, 0.1) is 5.56 Å². The van der Waals surface area contributed by atoms with Crippen LogP contribution in [0.2, 0.25) is 0 Å². The first-order chi connectivity index (χ1) is 8.67. The summed E-state index contributed by atoms with van der Waals surface area (Å²) in [5.74, 6) is 0.736. The summed E-state index contributed by atoms with van der Waals surface area (Å²) >= 11 is 0. The third-order valence-electron chi connectivity index (χ3n) is 3.46. The molecule has 0 saturated heterocycles. The molecule has 2 atom stereocenters. The van der Waals surface area contributed by atoms with Crippen molar-refractivity contribution in [3.63, 3.8) is 0 Å². The molecule has 1 aromatic carbocycles. The van der Waals surface area contributed by atoms with Gasteiger partial charge in [0.2, 0.25) is 0 Å². The summed E-state index contributed by atoms with van der Waals surface area (Å²) in [4.78, 5) is 0. The maximum Gasteiger partial charge on any atom is 0.416 e. The maximum absolute atomic E-state index is 12.6. The van der Waals surface area contributed by atoms with Crippen LogP contribution in [0.25, 0.3) is 0 Å². The molecule has 4 heteroatoms. The molecule has 1 nitrogen and oxygen atoms in total. The fraction of sp³-hybridized carbons (Fsp3) is 0.600. The molecular weight excluding hydrogens is 251 g/mol. The van der Waals surface area contributed by atoms with Crippen LogP contribution in [0.1, 0.15) is 44.2 Å². The number of hydrogen-bond donors (Lipinski definition) is 1. The minimum atomic E-state index is -4.25. The third kappa shape index (κ3) is 3.96. The second kappa shape index (κ2) is 4.82. The molecule has 1 aromatic rings. The van der Waals surface area contributed by atoms with Gasteiger partial charge in [-0.2, -0.15) is 13.2 Å². The summed E-state index contributed by atoms with van der Waals surface area (Å²) in [5.41, 5.74) is 0.330. The van der Waals surface area contributed by atoms with E-state index in [1.54, 1.807) is 6.07 Å². The van der Waals surface area contributed by atoms with Crippen molar-refractivity contribution in [2.45, 2.75) is 44.8 Å². The van der Waals surface area contributed by atoms with Gasteiger partial charge >= 0.3 is 6.18 Å². The molecule has 0 aromatic heterocycles. The van der Waals surface area contributed by atoms with Gasteiger partial charge in [0.1, 0.15) is 0 Å². The molecule has 19 heavy (non-hydrogen) atoms. The van der Waals surface area contributed by atoms with Gasteiger partial charge < -0.3 is 5.32 Å². The Kier molecular flexibility index (Phi) is 3.65. The van der Waals surface area contributed by atoms with Gasteiger partial charge in [-0.1, -0.05) is 18.2 Å². The standard InChI is InChI=1S/C15H20F3N/c1-14(2,3)19-9-11-8-13(11)10-5-4-6-12(7-10)15(16,17)18/h4-7,11,13,19H,8-9H2,1-3H3. The van der Waals surface area contributed by atoms with Crippen molar-refractivity contribution in [2.75, 3.05) is 6.54 Å². The van der Waals surface area contributed by atoms with Gasteiger partial charge in [-0.3, -0.25) is 0 Å². The lowest BCUT2D eigenvalue weighted by atomic mass is 10.0. The van der Waals surface area contributed by atoms with Gasteiger partial charge in [0.15, 0.2) is 0 Å². The summed E-state index contributed by atoms with van der Waals surface area (Å²) in [6, 6.07) is 5.73. The van der Waals surface area contributed by atoms with E-state index in [2.05, 4.69) is 26.1 Å². The lowest BCUT2D eigenvalue weighted by Crippen LogP contribution is -2.37. The number of hydrogen-bond acceptors (Lipinski definition) is 1. The van der Waals surface area contributed by atoms with Crippen LogP contribution in [0.3, 0.4) is 0 Å². The van der Waals surface area contributed by atoms with Crippen molar-refractivity contribution in [3.8, 4) is 0 Å². The van der Waals surface area contributed by atoms with Crippen LogP contribution in [0.15, 0.2) is 24.3 Å². The average Bonchev–Trinajstić information content (AvgIpc) is 3.04. The molecule has 0 amide bonds. The Morgan fingerprint density at radius 3 is 2.47 bits per heavy atom. The molecule has 1 N–H and O–H groups in total. The van der Waals surface area contributed by atoms with Crippen LogP contribution >= 0.6 is 0 Å². The first kappa shape index (κ1) is 14.4. The highest BCUT2D eigenvalue weighted by Crippen LogP contribution is 2.48. The normalized spacial score (nSPS) is 23.5. The van der Waals surface area contributed by atoms with Gasteiger partial charge in [-0.05, 0) is 57.2 Å². The Morgan fingerprint density at radius 2 is 1.89 bits per heavy atom. The zero-order valence-corrected chi connectivity index (χ0v) is 11.5. The fourth-order valence-electron chi connectivity index (χ4n) is 2.26. The van der Waals surface area contributed by atoms with E-state index in [1.807, 2.05) is 0 Å². The third-order valence-corrected chi connectivity index (χ3v) is 3.46. The Morgan fingerprint density at radius 1 is 1.21 bits per heavy atom. The molecule has 0 aliphatic heterocycles. The second-order valence-corrected chi connectivity index (χ2v) is 6.36. The zero-order valence-electron chi connectivity index (χ0n) is 11.5. The van der Waals surface area contributed by atoms with Gasteiger partial charge in [-0.15, -0.1) is 0 Å². The number of alkyl halides is 3. The molecule has 0 radical (unpaired) electrons. The molecule has 1 saturated carbocycles. The van der Waals surface area contributed by atoms with E-state index < -0.39 is 11.7 Å². The maximum atomic E-state index is 12.6. The van der Waals surface area contributed by atoms with Crippen LogP contribution in [-0.2, 0) is 6.18 Å². The predicted octanol–water partition coefficient (Wildman–Crippen LogP) is 4.20. The quantitative estimate of drug-likeness (QED) is 0.869. The van der Waals surface area contributed by atoms with Crippen LogP contribution in [-0.4, -0.2) is 12.1 Å². The number of halogens is 3. The Hall–Kier alpha value is -1.03. The van der Waals surface area contributed by atoms with Crippen molar-refractivity contribution in [1.82, 2.24) is 5.32 Å².